The minimum absolute atomic E-state index is 0.0959. The summed E-state index contributed by atoms with van der Waals surface area (Å²) in [4.78, 5) is 11.6. The maximum Gasteiger partial charge on any atom is 0.220 e. The quantitative estimate of drug-likeness (QED) is 0.714. The van der Waals surface area contributed by atoms with E-state index in [1.54, 1.807) is 0 Å². The average Bonchev–Trinajstić information content (AvgIpc) is 2.70. The van der Waals surface area contributed by atoms with Crippen molar-refractivity contribution < 1.29 is 14.6 Å². The van der Waals surface area contributed by atoms with E-state index in [1.807, 2.05) is 6.92 Å². The van der Waals surface area contributed by atoms with Gasteiger partial charge in [0.2, 0.25) is 5.91 Å². The Hall–Kier alpha value is -0.610. The predicted octanol–water partition coefficient (Wildman–Crippen LogP) is 1.61. The summed E-state index contributed by atoms with van der Waals surface area (Å²) in [6, 6.07) is 0.151. The number of nitrogens with one attached hydrogen (secondary N) is 1. The molecule has 3 atom stereocenters. The smallest absolute Gasteiger partial charge is 0.220 e. The lowest BCUT2D eigenvalue weighted by Gasteiger charge is -2.14. The van der Waals surface area contributed by atoms with Gasteiger partial charge in [0.05, 0.1) is 12.2 Å². The average molecular weight is 243 g/mol. The number of carbonyl (C=O) groups is 1. The monoisotopic (exact) mass is 243 g/mol. The first kappa shape index (κ1) is 14.5. The molecule has 0 aromatic carbocycles. The molecule has 0 spiro atoms. The topological polar surface area (TPSA) is 58.6 Å². The highest BCUT2D eigenvalue weighted by Gasteiger charge is 2.22. The maximum absolute atomic E-state index is 11.6. The third-order valence-electron chi connectivity index (χ3n) is 3.22. The molecule has 0 aromatic heterocycles. The Morgan fingerprint density at radius 1 is 1.53 bits per heavy atom. The highest BCUT2D eigenvalue weighted by Crippen LogP contribution is 2.22. The summed E-state index contributed by atoms with van der Waals surface area (Å²) < 4.78 is 5.67. The van der Waals surface area contributed by atoms with Gasteiger partial charge in [0.25, 0.3) is 0 Å². The van der Waals surface area contributed by atoms with Crippen LogP contribution >= 0.6 is 0 Å². The summed E-state index contributed by atoms with van der Waals surface area (Å²) in [6.45, 7) is 4.24. The molecule has 1 rings (SSSR count). The number of carbonyl (C=O) groups excluding carboxylic acids is 1. The molecule has 0 saturated carbocycles. The second-order valence-corrected chi connectivity index (χ2v) is 5.02. The molecular weight excluding hydrogens is 218 g/mol. The summed E-state index contributed by atoms with van der Waals surface area (Å²) in [5.41, 5.74) is 0. The van der Waals surface area contributed by atoms with Crippen molar-refractivity contribution in [3.05, 3.63) is 0 Å². The van der Waals surface area contributed by atoms with Crippen LogP contribution in [0.2, 0.25) is 0 Å². The second kappa shape index (κ2) is 7.67. The van der Waals surface area contributed by atoms with Gasteiger partial charge < -0.3 is 15.2 Å². The second-order valence-electron chi connectivity index (χ2n) is 5.02. The van der Waals surface area contributed by atoms with Gasteiger partial charge >= 0.3 is 0 Å². The van der Waals surface area contributed by atoms with Gasteiger partial charge in [0.1, 0.15) is 0 Å². The molecule has 4 heteroatoms. The van der Waals surface area contributed by atoms with E-state index in [0.29, 0.717) is 12.5 Å². The lowest BCUT2D eigenvalue weighted by Crippen LogP contribution is -2.33. The molecule has 1 heterocycles. The zero-order valence-corrected chi connectivity index (χ0v) is 10.9. The van der Waals surface area contributed by atoms with Crippen LogP contribution in [0.1, 0.15) is 52.4 Å². The zero-order chi connectivity index (χ0) is 12.7. The molecule has 1 fully saturated rings. The van der Waals surface area contributed by atoms with Crippen LogP contribution in [-0.4, -0.2) is 35.9 Å². The van der Waals surface area contributed by atoms with Crippen LogP contribution < -0.4 is 5.32 Å². The number of hydrogen-bond acceptors (Lipinski definition) is 3. The predicted molar refractivity (Wildman–Crippen MR) is 66.7 cm³/mol. The van der Waals surface area contributed by atoms with Crippen molar-refractivity contribution in [1.29, 1.82) is 0 Å². The van der Waals surface area contributed by atoms with Gasteiger partial charge in [-0.15, -0.1) is 0 Å². The molecular formula is C13H25NO3. The standard InChI is InChI=1S/C13H25NO3/c1-10(4-3-9-15)14-13(16)8-7-12-6-5-11(2)17-12/h10-12,15H,3-9H2,1-2H3,(H,14,16). The largest absolute Gasteiger partial charge is 0.396 e. The van der Waals surface area contributed by atoms with Crippen LogP contribution in [0.25, 0.3) is 0 Å². The van der Waals surface area contributed by atoms with Crippen LogP contribution in [0.4, 0.5) is 0 Å². The third kappa shape index (κ3) is 6.03. The van der Waals surface area contributed by atoms with Crippen molar-refractivity contribution in [2.75, 3.05) is 6.61 Å². The van der Waals surface area contributed by atoms with Crippen LogP contribution in [0.3, 0.4) is 0 Å². The van der Waals surface area contributed by atoms with E-state index >= 15 is 0 Å². The van der Waals surface area contributed by atoms with Gasteiger partial charge in [0.15, 0.2) is 0 Å². The van der Waals surface area contributed by atoms with Crippen LogP contribution in [-0.2, 0) is 9.53 Å². The molecule has 0 radical (unpaired) electrons. The Labute approximate surface area is 104 Å². The minimum atomic E-state index is 0.0959. The van der Waals surface area contributed by atoms with Crippen molar-refractivity contribution >= 4 is 5.91 Å². The van der Waals surface area contributed by atoms with Gasteiger partial charge in [-0.3, -0.25) is 4.79 Å². The van der Waals surface area contributed by atoms with Crippen molar-refractivity contribution in [3.63, 3.8) is 0 Å². The fraction of sp³-hybridized carbons (Fsp3) is 0.923. The zero-order valence-electron chi connectivity index (χ0n) is 10.9. The molecule has 17 heavy (non-hydrogen) atoms. The highest BCUT2D eigenvalue weighted by molar-refractivity contribution is 5.76. The van der Waals surface area contributed by atoms with Crippen LogP contribution in [0, 0.1) is 0 Å². The first-order valence-electron chi connectivity index (χ1n) is 6.67. The fourth-order valence-corrected chi connectivity index (χ4v) is 2.21. The van der Waals surface area contributed by atoms with E-state index < -0.39 is 0 Å². The van der Waals surface area contributed by atoms with Crippen molar-refractivity contribution in [1.82, 2.24) is 5.32 Å². The van der Waals surface area contributed by atoms with Gasteiger partial charge in [-0.1, -0.05) is 0 Å². The van der Waals surface area contributed by atoms with Crippen molar-refractivity contribution in [3.8, 4) is 0 Å². The number of hydrogen-bond donors (Lipinski definition) is 2. The fourth-order valence-electron chi connectivity index (χ4n) is 2.21. The van der Waals surface area contributed by atoms with Gasteiger partial charge in [-0.2, -0.15) is 0 Å². The Morgan fingerprint density at radius 3 is 2.88 bits per heavy atom. The van der Waals surface area contributed by atoms with Crippen LogP contribution in [0.15, 0.2) is 0 Å². The van der Waals surface area contributed by atoms with E-state index in [1.165, 1.54) is 0 Å². The number of ether oxygens (including phenoxy) is 1. The summed E-state index contributed by atoms with van der Waals surface area (Å²) in [5, 5.41) is 11.6. The lowest BCUT2D eigenvalue weighted by molar-refractivity contribution is -0.122. The Morgan fingerprint density at radius 2 is 2.29 bits per heavy atom. The maximum atomic E-state index is 11.6. The number of rotatable bonds is 7. The van der Waals surface area contributed by atoms with Gasteiger partial charge in [0, 0.05) is 19.1 Å². The summed E-state index contributed by atoms with van der Waals surface area (Å²) in [6.07, 6.45) is 5.75. The Balaban J connectivity index is 2.08. The Kier molecular flexibility index (Phi) is 6.52. The normalized spacial score (nSPS) is 25.8. The summed E-state index contributed by atoms with van der Waals surface area (Å²) >= 11 is 0. The molecule has 0 bridgehead atoms. The molecule has 1 saturated heterocycles. The van der Waals surface area contributed by atoms with E-state index in [-0.39, 0.29) is 24.7 Å². The lowest BCUT2D eigenvalue weighted by atomic mass is 10.1. The summed E-state index contributed by atoms with van der Waals surface area (Å²) in [5.74, 6) is 0.0959. The third-order valence-corrected chi connectivity index (χ3v) is 3.22. The molecule has 1 aliphatic rings. The number of amides is 1. The molecule has 2 N–H and O–H groups in total. The molecule has 1 aliphatic heterocycles. The first-order chi connectivity index (χ1) is 8.11. The molecule has 3 unspecified atom stereocenters. The highest BCUT2D eigenvalue weighted by atomic mass is 16.5. The van der Waals surface area contributed by atoms with Gasteiger partial charge in [-0.05, 0) is 46.0 Å². The van der Waals surface area contributed by atoms with E-state index in [9.17, 15) is 4.79 Å². The summed E-state index contributed by atoms with van der Waals surface area (Å²) in [7, 11) is 0. The molecule has 100 valence electrons. The van der Waals surface area contributed by atoms with E-state index in [0.717, 1.165) is 32.1 Å². The SMILES string of the molecule is CC(CCCO)NC(=O)CCC1CCC(C)O1. The van der Waals surface area contributed by atoms with Crippen molar-refractivity contribution in [2.45, 2.75) is 70.6 Å². The van der Waals surface area contributed by atoms with Gasteiger partial charge in [-0.25, -0.2) is 0 Å². The molecule has 0 aliphatic carbocycles. The Bertz CT molecular complexity index is 233. The van der Waals surface area contributed by atoms with E-state index in [4.69, 9.17) is 9.84 Å². The molecule has 4 nitrogen and oxygen atoms in total. The number of aliphatic hydroxyl groups is 1. The minimum Gasteiger partial charge on any atom is -0.396 e. The molecule has 0 aromatic rings. The number of aliphatic hydroxyl groups excluding tert-OH is 1. The van der Waals surface area contributed by atoms with Crippen LogP contribution in [0.5, 0.6) is 0 Å². The van der Waals surface area contributed by atoms with E-state index in [2.05, 4.69) is 12.2 Å². The first-order valence-corrected chi connectivity index (χ1v) is 6.67. The molecule has 1 amide bonds. The van der Waals surface area contributed by atoms with Crippen molar-refractivity contribution in [2.24, 2.45) is 0 Å².